The van der Waals surface area contributed by atoms with Gasteiger partial charge < -0.3 is 5.11 Å². The number of ketones is 1. The second-order valence-corrected chi connectivity index (χ2v) is 3.42. The summed E-state index contributed by atoms with van der Waals surface area (Å²) in [7, 11) is 0. The van der Waals surface area contributed by atoms with E-state index in [0.29, 0.717) is 0 Å². The van der Waals surface area contributed by atoms with Gasteiger partial charge in [-0.1, -0.05) is 0 Å². The van der Waals surface area contributed by atoms with Crippen molar-refractivity contribution >= 4 is 29.3 Å². The molecule has 1 atom stereocenters. The Kier molecular flexibility index (Phi) is 2.43. The number of aliphatic imine (C=N–C) groups is 1. The lowest BCUT2D eigenvalue weighted by Crippen LogP contribution is -2.27. The van der Waals surface area contributed by atoms with Gasteiger partial charge >= 0.3 is 5.97 Å². The summed E-state index contributed by atoms with van der Waals surface area (Å²) in [5, 5.41) is 19.3. The number of rotatable bonds is 2. The Labute approximate surface area is 94.6 Å². The van der Waals surface area contributed by atoms with Gasteiger partial charge in [0.25, 0.3) is 5.69 Å². The Balaban J connectivity index is 2.52. The van der Waals surface area contributed by atoms with Crippen LogP contribution in [0.3, 0.4) is 0 Å². The summed E-state index contributed by atoms with van der Waals surface area (Å²) in [6.45, 7) is 0. The van der Waals surface area contributed by atoms with Crippen molar-refractivity contribution in [2.45, 2.75) is 0 Å². The van der Waals surface area contributed by atoms with Crippen molar-refractivity contribution in [3.8, 4) is 0 Å². The monoisotopic (exact) mass is 234 g/mol. The lowest BCUT2D eigenvalue weighted by atomic mass is 9.94. The van der Waals surface area contributed by atoms with Crippen LogP contribution in [0.5, 0.6) is 0 Å². The van der Waals surface area contributed by atoms with Crippen LogP contribution in [0.4, 0.5) is 11.4 Å². The van der Waals surface area contributed by atoms with E-state index < -0.39 is 22.6 Å². The molecular formula is C10H6N2O5. The molecule has 1 N–H and O–H groups in total. The van der Waals surface area contributed by atoms with Gasteiger partial charge in [0.15, 0.2) is 11.7 Å². The number of fused-ring (bicyclic) bond motifs is 1. The number of non-ortho nitro benzene ring substituents is 1. The van der Waals surface area contributed by atoms with Gasteiger partial charge in [0, 0.05) is 18.3 Å². The molecule has 1 aromatic carbocycles. The molecule has 86 valence electrons. The highest BCUT2D eigenvalue weighted by atomic mass is 16.6. The number of aliphatic carboxylic acids is 1. The highest BCUT2D eigenvalue weighted by molar-refractivity contribution is 6.22. The third-order valence-electron chi connectivity index (χ3n) is 2.37. The Morgan fingerprint density at radius 1 is 1.47 bits per heavy atom. The third-order valence-corrected chi connectivity index (χ3v) is 2.37. The van der Waals surface area contributed by atoms with Crippen molar-refractivity contribution in [3.63, 3.8) is 0 Å². The number of nitro groups is 1. The van der Waals surface area contributed by atoms with Gasteiger partial charge in [-0.3, -0.25) is 24.7 Å². The molecular weight excluding hydrogens is 228 g/mol. The van der Waals surface area contributed by atoms with Crippen LogP contribution in [-0.4, -0.2) is 28.0 Å². The minimum atomic E-state index is -1.37. The van der Waals surface area contributed by atoms with Gasteiger partial charge in [-0.05, 0) is 6.07 Å². The molecule has 0 bridgehead atoms. The standard InChI is InChI=1S/C10H6N2O5/c13-9-6-3-5(12(16)17)1-2-8(6)11-4-7(9)10(14)15/h1-4,7H,(H,14,15). The topological polar surface area (TPSA) is 110 Å². The van der Waals surface area contributed by atoms with E-state index in [-0.39, 0.29) is 16.9 Å². The molecule has 1 aromatic rings. The molecule has 0 fully saturated rings. The first-order chi connectivity index (χ1) is 8.00. The molecule has 17 heavy (non-hydrogen) atoms. The summed E-state index contributed by atoms with van der Waals surface area (Å²) in [6, 6.07) is 3.58. The second-order valence-electron chi connectivity index (χ2n) is 3.42. The van der Waals surface area contributed by atoms with Crippen molar-refractivity contribution < 1.29 is 19.6 Å². The number of nitrogens with zero attached hydrogens (tertiary/aromatic N) is 2. The van der Waals surface area contributed by atoms with E-state index in [0.717, 1.165) is 12.3 Å². The number of nitro benzene ring substituents is 1. The predicted molar refractivity (Wildman–Crippen MR) is 56.7 cm³/mol. The van der Waals surface area contributed by atoms with Gasteiger partial charge in [0.2, 0.25) is 0 Å². The predicted octanol–water partition coefficient (Wildman–Crippen LogP) is 1.19. The molecule has 1 aliphatic rings. The van der Waals surface area contributed by atoms with Crippen LogP contribution in [0, 0.1) is 16.0 Å². The molecule has 7 nitrogen and oxygen atoms in total. The first-order valence-electron chi connectivity index (χ1n) is 4.60. The molecule has 0 radical (unpaired) electrons. The summed E-state index contributed by atoms with van der Waals surface area (Å²) in [5.41, 5.74) is -0.0504. The van der Waals surface area contributed by atoms with Gasteiger partial charge in [0.05, 0.1) is 16.2 Å². The van der Waals surface area contributed by atoms with Crippen molar-refractivity contribution in [3.05, 3.63) is 33.9 Å². The Hall–Kier alpha value is -2.57. The lowest BCUT2D eigenvalue weighted by molar-refractivity contribution is -0.384. The van der Waals surface area contributed by atoms with E-state index in [2.05, 4.69) is 4.99 Å². The molecule has 0 saturated carbocycles. The molecule has 1 heterocycles. The lowest BCUT2D eigenvalue weighted by Gasteiger charge is -2.13. The van der Waals surface area contributed by atoms with Crippen molar-refractivity contribution in [2.24, 2.45) is 10.9 Å². The zero-order chi connectivity index (χ0) is 12.6. The fourth-order valence-electron chi connectivity index (χ4n) is 1.51. The number of carbonyl (C=O) groups is 2. The van der Waals surface area contributed by atoms with Crippen LogP contribution < -0.4 is 0 Å². The Morgan fingerprint density at radius 3 is 2.76 bits per heavy atom. The summed E-state index contributed by atoms with van der Waals surface area (Å²) in [4.78, 5) is 36.2. The van der Waals surface area contributed by atoms with Crippen LogP contribution in [0.1, 0.15) is 10.4 Å². The number of hydrogen-bond acceptors (Lipinski definition) is 5. The molecule has 0 saturated heterocycles. The second kappa shape index (κ2) is 3.78. The third kappa shape index (κ3) is 1.78. The number of carbonyl (C=O) groups excluding carboxylic acids is 1. The molecule has 0 amide bonds. The van der Waals surface area contributed by atoms with Crippen molar-refractivity contribution in [1.29, 1.82) is 0 Å². The summed E-state index contributed by atoms with van der Waals surface area (Å²) in [6.07, 6.45) is 1.03. The van der Waals surface area contributed by atoms with Gasteiger partial charge in [-0.25, -0.2) is 0 Å². The zero-order valence-electron chi connectivity index (χ0n) is 8.36. The van der Waals surface area contributed by atoms with Crippen LogP contribution in [0.2, 0.25) is 0 Å². The van der Waals surface area contributed by atoms with Crippen LogP contribution in [-0.2, 0) is 4.79 Å². The van der Waals surface area contributed by atoms with Gasteiger partial charge in [0.1, 0.15) is 0 Å². The molecule has 0 aliphatic carbocycles. The summed E-state index contributed by atoms with van der Waals surface area (Å²) >= 11 is 0. The smallest absolute Gasteiger partial charge is 0.319 e. The van der Waals surface area contributed by atoms with Crippen LogP contribution >= 0.6 is 0 Å². The maximum atomic E-state index is 11.7. The number of carboxylic acids is 1. The fraction of sp³-hybridized carbons (Fsp3) is 0.100. The molecule has 2 rings (SSSR count). The maximum absolute atomic E-state index is 11.7. The van der Waals surface area contributed by atoms with E-state index in [1.807, 2.05) is 0 Å². The molecule has 1 aliphatic heterocycles. The number of Topliss-reactive ketones (excluding diaryl/α,β-unsaturated/α-hetero) is 1. The molecule has 0 aromatic heterocycles. The molecule has 0 spiro atoms. The fourth-order valence-corrected chi connectivity index (χ4v) is 1.51. The minimum Gasteiger partial charge on any atom is -0.480 e. The zero-order valence-corrected chi connectivity index (χ0v) is 8.36. The number of carboxylic acid groups (broad SMARTS) is 1. The summed E-state index contributed by atoms with van der Waals surface area (Å²) in [5.74, 6) is -3.38. The van der Waals surface area contributed by atoms with Crippen molar-refractivity contribution in [1.82, 2.24) is 0 Å². The highest BCUT2D eigenvalue weighted by Crippen LogP contribution is 2.29. The summed E-state index contributed by atoms with van der Waals surface area (Å²) < 4.78 is 0. The van der Waals surface area contributed by atoms with E-state index in [4.69, 9.17) is 5.11 Å². The van der Waals surface area contributed by atoms with Crippen LogP contribution in [0.15, 0.2) is 23.2 Å². The number of hydrogen-bond donors (Lipinski definition) is 1. The number of benzene rings is 1. The van der Waals surface area contributed by atoms with Crippen LogP contribution in [0.25, 0.3) is 0 Å². The Bertz CT molecular complexity index is 564. The van der Waals surface area contributed by atoms with Gasteiger partial charge in [-0.2, -0.15) is 0 Å². The van der Waals surface area contributed by atoms with E-state index in [1.54, 1.807) is 0 Å². The first kappa shape index (κ1) is 10.9. The first-order valence-corrected chi connectivity index (χ1v) is 4.60. The minimum absolute atomic E-state index is 0.0332. The molecule has 1 unspecified atom stereocenters. The van der Waals surface area contributed by atoms with Gasteiger partial charge in [-0.15, -0.1) is 0 Å². The quantitative estimate of drug-likeness (QED) is 0.469. The van der Waals surface area contributed by atoms with Crippen molar-refractivity contribution in [2.75, 3.05) is 0 Å². The normalized spacial score (nSPS) is 17.6. The van der Waals surface area contributed by atoms with E-state index >= 15 is 0 Å². The average Bonchev–Trinajstić information content (AvgIpc) is 2.28. The maximum Gasteiger partial charge on any atom is 0.319 e. The van der Waals surface area contributed by atoms with E-state index in [9.17, 15) is 19.7 Å². The highest BCUT2D eigenvalue weighted by Gasteiger charge is 2.31. The SMILES string of the molecule is O=C(O)C1C=Nc2ccc([N+](=O)[O-])cc2C1=O. The largest absolute Gasteiger partial charge is 0.480 e. The molecule has 7 heteroatoms. The van der Waals surface area contributed by atoms with E-state index in [1.165, 1.54) is 12.1 Å². The average molecular weight is 234 g/mol. The Morgan fingerprint density at radius 2 is 2.18 bits per heavy atom.